The molecule has 1 N–H and O–H groups in total. The number of piperazine rings is 1. The molecule has 0 spiro atoms. The standard InChI is InChI=1S/C15H26N2O3/c1-5-20-9-8-17-11(10-6-7-10)13(18)16-12(14(17)19)15(2,3)4/h10-12H,5-9H2,1-4H3,(H,16,18). The smallest absolute Gasteiger partial charge is 0.246 e. The van der Waals surface area contributed by atoms with E-state index in [1.54, 1.807) is 4.90 Å². The minimum absolute atomic E-state index is 0.00326. The van der Waals surface area contributed by atoms with Gasteiger partial charge in [-0.05, 0) is 31.1 Å². The molecule has 0 bridgehead atoms. The minimum atomic E-state index is -0.438. The highest BCUT2D eigenvalue weighted by Gasteiger charge is 2.50. The van der Waals surface area contributed by atoms with Crippen LogP contribution >= 0.6 is 0 Å². The second-order valence-electron chi connectivity index (χ2n) is 6.82. The number of hydrogen-bond donors (Lipinski definition) is 1. The Labute approximate surface area is 121 Å². The zero-order valence-electron chi connectivity index (χ0n) is 12.9. The lowest BCUT2D eigenvalue weighted by Gasteiger charge is -2.43. The monoisotopic (exact) mass is 282 g/mol. The molecule has 0 aromatic rings. The van der Waals surface area contributed by atoms with Crippen molar-refractivity contribution in [2.45, 2.75) is 52.6 Å². The summed E-state index contributed by atoms with van der Waals surface area (Å²) < 4.78 is 5.36. The van der Waals surface area contributed by atoms with Gasteiger partial charge < -0.3 is 15.0 Å². The molecule has 2 fully saturated rings. The normalized spacial score (nSPS) is 27.7. The van der Waals surface area contributed by atoms with Crippen LogP contribution in [0, 0.1) is 11.3 Å². The lowest BCUT2D eigenvalue weighted by atomic mass is 9.83. The molecular formula is C15H26N2O3. The van der Waals surface area contributed by atoms with E-state index in [2.05, 4.69) is 5.32 Å². The van der Waals surface area contributed by atoms with Crippen LogP contribution in [0.1, 0.15) is 40.5 Å². The lowest BCUT2D eigenvalue weighted by Crippen LogP contribution is -2.67. The quantitative estimate of drug-likeness (QED) is 0.770. The molecule has 5 nitrogen and oxygen atoms in total. The fourth-order valence-electron chi connectivity index (χ4n) is 2.76. The summed E-state index contributed by atoms with van der Waals surface area (Å²) in [5.74, 6) is 0.374. The number of amides is 2. The molecule has 1 heterocycles. The Morgan fingerprint density at radius 3 is 2.45 bits per heavy atom. The Hall–Kier alpha value is -1.10. The van der Waals surface area contributed by atoms with E-state index in [0.717, 1.165) is 12.8 Å². The fourth-order valence-corrected chi connectivity index (χ4v) is 2.76. The van der Waals surface area contributed by atoms with Crippen molar-refractivity contribution in [2.75, 3.05) is 19.8 Å². The molecule has 2 amide bonds. The molecule has 0 radical (unpaired) electrons. The van der Waals surface area contributed by atoms with E-state index >= 15 is 0 Å². The third-order valence-corrected chi connectivity index (χ3v) is 4.04. The number of nitrogens with one attached hydrogen (secondary N) is 1. The third-order valence-electron chi connectivity index (χ3n) is 4.04. The summed E-state index contributed by atoms with van der Waals surface area (Å²) in [6.45, 7) is 9.51. The Kier molecular flexibility index (Phi) is 4.37. The van der Waals surface area contributed by atoms with Gasteiger partial charge in [0.15, 0.2) is 0 Å². The molecule has 114 valence electrons. The highest BCUT2D eigenvalue weighted by atomic mass is 16.5. The van der Waals surface area contributed by atoms with Crippen LogP contribution in [0.4, 0.5) is 0 Å². The van der Waals surface area contributed by atoms with Gasteiger partial charge in [-0.25, -0.2) is 0 Å². The maximum absolute atomic E-state index is 12.7. The first kappa shape index (κ1) is 15.3. The van der Waals surface area contributed by atoms with Gasteiger partial charge in [-0.3, -0.25) is 9.59 Å². The molecule has 1 aliphatic heterocycles. The van der Waals surface area contributed by atoms with E-state index in [-0.39, 0.29) is 23.3 Å². The number of nitrogens with zero attached hydrogens (tertiary/aromatic N) is 1. The van der Waals surface area contributed by atoms with Crippen LogP contribution in [0.15, 0.2) is 0 Å². The van der Waals surface area contributed by atoms with Crippen molar-refractivity contribution in [1.29, 1.82) is 0 Å². The van der Waals surface area contributed by atoms with Gasteiger partial charge in [0.2, 0.25) is 11.8 Å². The maximum Gasteiger partial charge on any atom is 0.246 e. The highest BCUT2D eigenvalue weighted by molar-refractivity contribution is 5.97. The van der Waals surface area contributed by atoms with E-state index in [4.69, 9.17) is 4.74 Å². The van der Waals surface area contributed by atoms with Gasteiger partial charge in [-0.2, -0.15) is 0 Å². The van der Waals surface area contributed by atoms with E-state index < -0.39 is 6.04 Å². The average molecular weight is 282 g/mol. The number of rotatable bonds is 5. The van der Waals surface area contributed by atoms with Crippen molar-refractivity contribution in [1.82, 2.24) is 10.2 Å². The van der Waals surface area contributed by atoms with Crippen LogP contribution in [0.2, 0.25) is 0 Å². The van der Waals surface area contributed by atoms with Gasteiger partial charge in [-0.1, -0.05) is 20.8 Å². The van der Waals surface area contributed by atoms with Gasteiger partial charge in [0.1, 0.15) is 12.1 Å². The van der Waals surface area contributed by atoms with Crippen molar-refractivity contribution in [3.8, 4) is 0 Å². The van der Waals surface area contributed by atoms with E-state index in [9.17, 15) is 9.59 Å². The second kappa shape index (κ2) is 5.72. The van der Waals surface area contributed by atoms with Gasteiger partial charge in [-0.15, -0.1) is 0 Å². The first-order valence-corrected chi connectivity index (χ1v) is 7.55. The molecule has 1 aliphatic carbocycles. The molecule has 2 rings (SSSR count). The maximum atomic E-state index is 12.7. The molecular weight excluding hydrogens is 256 g/mol. The molecule has 1 saturated carbocycles. The zero-order chi connectivity index (χ0) is 14.9. The van der Waals surface area contributed by atoms with Crippen LogP contribution in [-0.2, 0) is 14.3 Å². The fraction of sp³-hybridized carbons (Fsp3) is 0.867. The van der Waals surface area contributed by atoms with Crippen molar-refractivity contribution < 1.29 is 14.3 Å². The summed E-state index contributed by atoms with van der Waals surface area (Å²) in [7, 11) is 0. The Morgan fingerprint density at radius 1 is 1.30 bits per heavy atom. The van der Waals surface area contributed by atoms with E-state index in [0.29, 0.717) is 25.7 Å². The minimum Gasteiger partial charge on any atom is -0.380 e. The Morgan fingerprint density at radius 2 is 1.95 bits per heavy atom. The average Bonchev–Trinajstić information content (AvgIpc) is 3.16. The largest absolute Gasteiger partial charge is 0.380 e. The zero-order valence-corrected chi connectivity index (χ0v) is 12.9. The lowest BCUT2D eigenvalue weighted by molar-refractivity contribution is -0.154. The second-order valence-corrected chi connectivity index (χ2v) is 6.82. The first-order valence-electron chi connectivity index (χ1n) is 7.55. The molecule has 2 aliphatic rings. The van der Waals surface area contributed by atoms with Gasteiger partial charge in [0, 0.05) is 13.2 Å². The number of carbonyl (C=O) groups excluding carboxylic acids is 2. The molecule has 5 heteroatoms. The SMILES string of the molecule is CCOCCN1C(=O)C(C(C)(C)C)NC(=O)C1C1CC1. The van der Waals surface area contributed by atoms with E-state index in [1.807, 2.05) is 27.7 Å². The molecule has 20 heavy (non-hydrogen) atoms. The summed E-state index contributed by atoms with van der Waals surface area (Å²) in [5.41, 5.74) is -0.273. The Balaban J connectivity index is 2.15. The number of hydrogen-bond acceptors (Lipinski definition) is 3. The molecule has 2 unspecified atom stereocenters. The summed E-state index contributed by atoms with van der Waals surface area (Å²) in [4.78, 5) is 26.8. The molecule has 2 atom stereocenters. The van der Waals surface area contributed by atoms with E-state index in [1.165, 1.54) is 0 Å². The summed E-state index contributed by atoms with van der Waals surface area (Å²) >= 11 is 0. The van der Waals surface area contributed by atoms with Crippen LogP contribution < -0.4 is 5.32 Å². The molecule has 0 aromatic carbocycles. The highest BCUT2D eigenvalue weighted by Crippen LogP contribution is 2.38. The molecule has 1 saturated heterocycles. The van der Waals surface area contributed by atoms with Crippen LogP contribution in [0.5, 0.6) is 0 Å². The van der Waals surface area contributed by atoms with Crippen molar-refractivity contribution in [3.63, 3.8) is 0 Å². The van der Waals surface area contributed by atoms with Crippen molar-refractivity contribution in [3.05, 3.63) is 0 Å². The van der Waals surface area contributed by atoms with Crippen molar-refractivity contribution >= 4 is 11.8 Å². The molecule has 0 aromatic heterocycles. The van der Waals surface area contributed by atoms with Gasteiger partial charge in [0.05, 0.1) is 6.61 Å². The van der Waals surface area contributed by atoms with Crippen LogP contribution in [-0.4, -0.2) is 48.6 Å². The number of carbonyl (C=O) groups is 2. The van der Waals surface area contributed by atoms with Gasteiger partial charge >= 0.3 is 0 Å². The summed E-state index contributed by atoms with van der Waals surface area (Å²) in [5, 5.41) is 2.93. The van der Waals surface area contributed by atoms with Crippen molar-refractivity contribution in [2.24, 2.45) is 11.3 Å². The first-order chi connectivity index (χ1) is 9.36. The van der Waals surface area contributed by atoms with Crippen LogP contribution in [0.3, 0.4) is 0 Å². The van der Waals surface area contributed by atoms with Crippen LogP contribution in [0.25, 0.3) is 0 Å². The predicted molar refractivity (Wildman–Crippen MR) is 76.1 cm³/mol. The third kappa shape index (κ3) is 3.14. The summed E-state index contributed by atoms with van der Waals surface area (Å²) in [6.07, 6.45) is 2.08. The topological polar surface area (TPSA) is 58.6 Å². The number of ether oxygens (including phenoxy) is 1. The summed E-state index contributed by atoms with van der Waals surface area (Å²) in [6, 6.07) is -0.729. The van der Waals surface area contributed by atoms with Gasteiger partial charge in [0.25, 0.3) is 0 Å². The Bertz CT molecular complexity index is 385. The predicted octanol–water partition coefficient (Wildman–Crippen LogP) is 1.17.